The molecule has 0 unspecified atom stereocenters. The van der Waals surface area contributed by atoms with Crippen molar-refractivity contribution in [1.82, 2.24) is 15.2 Å². The molecule has 3 N–H and O–H groups in total. The number of alkyl halides is 3. The van der Waals surface area contributed by atoms with Crippen molar-refractivity contribution < 1.29 is 18.0 Å². The first-order valence-corrected chi connectivity index (χ1v) is 10.4. The van der Waals surface area contributed by atoms with E-state index in [0.29, 0.717) is 12.0 Å². The van der Waals surface area contributed by atoms with Gasteiger partial charge in [-0.1, -0.05) is 48.6 Å². The van der Waals surface area contributed by atoms with Crippen LogP contribution in [0.25, 0.3) is 21.5 Å². The number of aryl methyl sites for hydroxylation is 1. The average Bonchev–Trinajstić information content (AvgIpc) is 3.31. The van der Waals surface area contributed by atoms with Gasteiger partial charge in [-0.25, -0.2) is 4.98 Å². The molecule has 6 nitrogen and oxygen atoms in total. The van der Waals surface area contributed by atoms with E-state index in [-0.39, 0.29) is 31.6 Å². The molecule has 3 aromatic heterocycles. The number of hydrogen-bond donors (Lipinski definition) is 2. The highest BCUT2D eigenvalue weighted by molar-refractivity contribution is 7.21. The fraction of sp³-hybridized carbons (Fsp3) is 0.158. The first-order chi connectivity index (χ1) is 14.3. The predicted molar refractivity (Wildman–Crippen MR) is 112 cm³/mol. The number of carbonyl (C=O) groups is 1. The Hall–Kier alpha value is -3.05. The summed E-state index contributed by atoms with van der Waals surface area (Å²) in [5.41, 5.74) is 5.49. The van der Waals surface area contributed by atoms with Gasteiger partial charge in [0.2, 0.25) is 5.13 Å². The van der Waals surface area contributed by atoms with Crippen molar-refractivity contribution >= 4 is 49.6 Å². The van der Waals surface area contributed by atoms with E-state index >= 15 is 0 Å². The van der Waals surface area contributed by atoms with Gasteiger partial charge in [0.1, 0.15) is 14.7 Å². The predicted octanol–water partition coefficient (Wildman–Crippen LogP) is 5.23. The van der Waals surface area contributed by atoms with Crippen LogP contribution in [0.5, 0.6) is 0 Å². The molecule has 0 aliphatic rings. The van der Waals surface area contributed by atoms with Crippen LogP contribution in [0.4, 0.5) is 24.0 Å². The molecule has 30 heavy (non-hydrogen) atoms. The molecule has 0 aliphatic heterocycles. The van der Waals surface area contributed by atoms with Crippen molar-refractivity contribution in [2.45, 2.75) is 19.5 Å². The van der Waals surface area contributed by atoms with Crippen LogP contribution in [0, 0.1) is 0 Å². The normalized spacial score (nSPS) is 11.7. The van der Waals surface area contributed by atoms with Crippen LogP contribution in [0.3, 0.4) is 0 Å². The lowest BCUT2D eigenvalue weighted by molar-refractivity contribution is -0.136. The summed E-state index contributed by atoms with van der Waals surface area (Å²) in [5.74, 6) is -0.649. The van der Waals surface area contributed by atoms with Crippen molar-refractivity contribution in [1.29, 1.82) is 0 Å². The summed E-state index contributed by atoms with van der Waals surface area (Å²) in [6.07, 6.45) is -4.01. The number of nitrogen functional groups attached to an aromatic ring is 1. The van der Waals surface area contributed by atoms with Crippen LogP contribution in [0.1, 0.15) is 27.2 Å². The minimum atomic E-state index is -4.66. The van der Waals surface area contributed by atoms with Crippen molar-refractivity contribution in [3.8, 4) is 11.3 Å². The number of aromatic nitrogens is 3. The molecule has 3 heterocycles. The van der Waals surface area contributed by atoms with Gasteiger partial charge in [0.15, 0.2) is 0 Å². The quantitative estimate of drug-likeness (QED) is 0.445. The van der Waals surface area contributed by atoms with Gasteiger partial charge < -0.3 is 5.73 Å². The average molecular weight is 449 g/mol. The number of anilines is 2. The Bertz CT molecular complexity index is 1230. The minimum absolute atomic E-state index is 0.0397. The number of nitrogens with one attached hydrogen (secondary N) is 1. The summed E-state index contributed by atoms with van der Waals surface area (Å²) in [4.78, 5) is 17.0. The van der Waals surface area contributed by atoms with Crippen LogP contribution in [0.2, 0.25) is 0 Å². The maximum absolute atomic E-state index is 13.8. The van der Waals surface area contributed by atoms with E-state index in [2.05, 4.69) is 20.5 Å². The number of thiophene rings is 1. The second-order valence-electron chi connectivity index (χ2n) is 6.25. The zero-order valence-electron chi connectivity index (χ0n) is 15.4. The third-order valence-electron chi connectivity index (χ3n) is 4.27. The second-order valence-corrected chi connectivity index (χ2v) is 8.31. The Morgan fingerprint density at radius 3 is 2.53 bits per heavy atom. The Kier molecular flexibility index (Phi) is 5.16. The first kappa shape index (κ1) is 20.2. The van der Waals surface area contributed by atoms with Crippen LogP contribution in [-0.2, 0) is 12.6 Å². The monoisotopic (exact) mass is 449 g/mol. The summed E-state index contributed by atoms with van der Waals surface area (Å²) in [5, 5.41) is 11.0. The molecule has 0 saturated carbocycles. The van der Waals surface area contributed by atoms with E-state index in [1.165, 1.54) is 11.3 Å². The minimum Gasteiger partial charge on any atom is -0.397 e. The summed E-state index contributed by atoms with van der Waals surface area (Å²) >= 11 is 2.00. The van der Waals surface area contributed by atoms with E-state index in [1.807, 2.05) is 6.92 Å². The molecule has 0 fully saturated rings. The third kappa shape index (κ3) is 3.73. The van der Waals surface area contributed by atoms with E-state index < -0.39 is 17.6 Å². The summed E-state index contributed by atoms with van der Waals surface area (Å²) in [7, 11) is 0. The van der Waals surface area contributed by atoms with Gasteiger partial charge in [0.05, 0.1) is 16.9 Å². The Morgan fingerprint density at radius 2 is 1.90 bits per heavy atom. The molecule has 1 aromatic carbocycles. The van der Waals surface area contributed by atoms with Crippen molar-refractivity contribution in [2.24, 2.45) is 0 Å². The van der Waals surface area contributed by atoms with Gasteiger partial charge in [0.25, 0.3) is 5.91 Å². The molecular weight excluding hydrogens is 435 g/mol. The number of amides is 1. The maximum Gasteiger partial charge on any atom is 0.417 e. The Morgan fingerprint density at radius 1 is 1.17 bits per heavy atom. The molecule has 4 rings (SSSR count). The number of nitrogens with two attached hydrogens (primary N) is 1. The Labute approximate surface area is 176 Å². The number of pyridine rings is 1. The van der Waals surface area contributed by atoms with Gasteiger partial charge in [-0.3, -0.25) is 10.1 Å². The summed E-state index contributed by atoms with van der Waals surface area (Å²) < 4.78 is 41.4. The molecule has 0 atom stereocenters. The molecule has 0 aliphatic carbocycles. The number of nitrogens with zero attached hydrogens (tertiary/aromatic N) is 3. The van der Waals surface area contributed by atoms with Gasteiger partial charge in [0, 0.05) is 10.9 Å². The Balaban J connectivity index is 1.82. The van der Waals surface area contributed by atoms with E-state index in [1.54, 1.807) is 30.3 Å². The molecule has 0 spiro atoms. The van der Waals surface area contributed by atoms with E-state index in [4.69, 9.17) is 5.73 Å². The van der Waals surface area contributed by atoms with Crippen molar-refractivity contribution in [3.05, 3.63) is 51.8 Å². The molecular formula is C19H14F3N5OS2. The zero-order valence-corrected chi connectivity index (χ0v) is 17.1. The second kappa shape index (κ2) is 7.65. The number of halogens is 3. The van der Waals surface area contributed by atoms with Gasteiger partial charge >= 0.3 is 6.18 Å². The topological polar surface area (TPSA) is 93.8 Å². The molecule has 154 valence electrons. The molecule has 0 radical (unpaired) electrons. The molecule has 11 heteroatoms. The van der Waals surface area contributed by atoms with Crippen LogP contribution >= 0.6 is 22.7 Å². The molecule has 4 aromatic rings. The lowest BCUT2D eigenvalue weighted by Crippen LogP contribution is -2.12. The van der Waals surface area contributed by atoms with Crippen LogP contribution < -0.4 is 11.1 Å². The van der Waals surface area contributed by atoms with Gasteiger partial charge in [-0.2, -0.15) is 13.2 Å². The van der Waals surface area contributed by atoms with Crippen LogP contribution in [-0.4, -0.2) is 21.1 Å². The highest BCUT2D eigenvalue weighted by atomic mass is 32.1. The standard InChI is InChI=1S/C19H14F3N5OS2/c1-2-12-26-27-18(29-12)25-16(28)15-14(23)13-10(19(20,21)22)8-11(24-17(13)30-15)9-6-4-3-5-7-9/h3-8H,2,23H2,1H3,(H,25,27,28). The lowest BCUT2D eigenvalue weighted by atomic mass is 10.1. The smallest absolute Gasteiger partial charge is 0.397 e. The van der Waals surface area contributed by atoms with Crippen molar-refractivity contribution in [2.75, 3.05) is 11.1 Å². The third-order valence-corrected chi connectivity index (χ3v) is 6.35. The van der Waals surface area contributed by atoms with E-state index in [9.17, 15) is 18.0 Å². The van der Waals surface area contributed by atoms with Crippen LogP contribution in [0.15, 0.2) is 36.4 Å². The first-order valence-electron chi connectivity index (χ1n) is 8.77. The number of hydrogen-bond acceptors (Lipinski definition) is 7. The molecule has 1 amide bonds. The highest BCUT2D eigenvalue weighted by Crippen LogP contribution is 2.43. The number of fused-ring (bicyclic) bond motifs is 1. The maximum atomic E-state index is 13.8. The van der Waals surface area contributed by atoms with Gasteiger partial charge in [-0.15, -0.1) is 21.5 Å². The fourth-order valence-corrected chi connectivity index (χ4v) is 4.56. The summed E-state index contributed by atoms with van der Waals surface area (Å²) in [6.45, 7) is 1.89. The number of rotatable bonds is 4. The van der Waals surface area contributed by atoms with Crippen molar-refractivity contribution in [3.63, 3.8) is 0 Å². The largest absolute Gasteiger partial charge is 0.417 e. The number of benzene rings is 1. The molecule has 0 bridgehead atoms. The highest BCUT2D eigenvalue weighted by Gasteiger charge is 2.36. The molecule has 0 saturated heterocycles. The lowest BCUT2D eigenvalue weighted by Gasteiger charge is -2.11. The number of carbonyl (C=O) groups excluding carboxylic acids is 1. The SMILES string of the molecule is CCc1nnc(NC(=O)c2sc3nc(-c4ccccc4)cc(C(F)(F)F)c3c2N)s1. The summed E-state index contributed by atoms with van der Waals surface area (Å²) in [6, 6.07) is 9.47. The van der Waals surface area contributed by atoms with E-state index in [0.717, 1.165) is 22.4 Å². The fourth-order valence-electron chi connectivity index (χ4n) is 2.87. The zero-order chi connectivity index (χ0) is 21.5. The van der Waals surface area contributed by atoms with Gasteiger partial charge in [-0.05, 0) is 12.5 Å².